The maximum Gasteiger partial charge on any atom is 0.220 e. The van der Waals surface area contributed by atoms with Gasteiger partial charge >= 0.3 is 0 Å². The quantitative estimate of drug-likeness (QED) is 0.840. The average molecular weight is 244 g/mol. The Labute approximate surface area is 106 Å². The number of nitrogens with two attached hydrogens (primary N) is 1. The first-order chi connectivity index (χ1) is 8.63. The van der Waals surface area contributed by atoms with Crippen LogP contribution in [0.1, 0.15) is 24.0 Å². The van der Waals surface area contributed by atoms with Crippen molar-refractivity contribution in [3.05, 3.63) is 23.4 Å². The molecule has 0 aliphatic carbocycles. The molecule has 1 aromatic heterocycles. The zero-order valence-electron chi connectivity index (χ0n) is 10.4. The molecule has 0 bridgehead atoms. The van der Waals surface area contributed by atoms with Gasteiger partial charge in [-0.3, -0.25) is 4.79 Å². The predicted octanol–water partition coefficient (Wildman–Crippen LogP) is 0.963. The molecule has 5 nitrogen and oxygen atoms in total. The Hall–Kier alpha value is -2.09. The molecule has 0 atom stereocenters. The van der Waals surface area contributed by atoms with Crippen molar-refractivity contribution >= 4 is 11.7 Å². The van der Waals surface area contributed by atoms with Gasteiger partial charge in [0.15, 0.2) is 0 Å². The number of pyridine rings is 1. The molecule has 2 N–H and O–H groups in total. The Balaban J connectivity index is 2.18. The van der Waals surface area contributed by atoms with Crippen LogP contribution in [-0.4, -0.2) is 24.0 Å². The van der Waals surface area contributed by atoms with E-state index in [1.54, 1.807) is 6.20 Å². The molecule has 0 unspecified atom stereocenters. The van der Waals surface area contributed by atoms with E-state index in [4.69, 9.17) is 5.73 Å². The highest BCUT2D eigenvalue weighted by Gasteiger charge is 2.25. The second-order valence-electron chi connectivity index (χ2n) is 4.60. The molecule has 1 aromatic rings. The van der Waals surface area contributed by atoms with Crippen molar-refractivity contribution in [2.75, 3.05) is 18.0 Å². The van der Waals surface area contributed by atoms with Gasteiger partial charge in [0.05, 0.1) is 5.56 Å². The van der Waals surface area contributed by atoms with E-state index in [-0.39, 0.29) is 11.8 Å². The molecule has 0 saturated carbocycles. The third-order valence-electron chi connectivity index (χ3n) is 3.45. The minimum Gasteiger partial charge on any atom is -0.369 e. The van der Waals surface area contributed by atoms with E-state index in [2.05, 4.69) is 16.0 Å². The number of amides is 1. The van der Waals surface area contributed by atoms with Gasteiger partial charge in [-0.1, -0.05) is 0 Å². The van der Waals surface area contributed by atoms with Crippen molar-refractivity contribution in [2.24, 2.45) is 11.7 Å². The standard InChI is InChI=1S/C13H16N4O/c1-9-2-5-16-13(11(9)8-14)17-6-3-10(4-7-17)12(15)18/h2,5,10H,3-4,6-7H2,1H3,(H2,15,18). The molecule has 0 spiro atoms. The van der Waals surface area contributed by atoms with Crippen LogP contribution in [0.5, 0.6) is 0 Å². The Bertz CT molecular complexity index is 498. The van der Waals surface area contributed by atoms with Gasteiger partial charge in [-0.2, -0.15) is 5.26 Å². The number of aryl methyl sites for hydroxylation is 1. The number of nitrogens with zero attached hydrogens (tertiary/aromatic N) is 3. The summed E-state index contributed by atoms with van der Waals surface area (Å²) in [5.74, 6) is 0.448. The zero-order chi connectivity index (χ0) is 13.1. The Morgan fingerprint density at radius 3 is 2.78 bits per heavy atom. The third-order valence-corrected chi connectivity index (χ3v) is 3.45. The number of anilines is 1. The van der Waals surface area contributed by atoms with E-state index in [0.717, 1.165) is 37.3 Å². The topological polar surface area (TPSA) is 83.0 Å². The van der Waals surface area contributed by atoms with Crippen molar-refractivity contribution < 1.29 is 4.79 Å². The van der Waals surface area contributed by atoms with Crippen molar-refractivity contribution in [3.63, 3.8) is 0 Å². The maximum atomic E-state index is 11.1. The molecule has 1 saturated heterocycles. The highest BCUT2D eigenvalue weighted by molar-refractivity contribution is 5.77. The lowest BCUT2D eigenvalue weighted by Gasteiger charge is -2.32. The highest BCUT2D eigenvalue weighted by atomic mass is 16.1. The van der Waals surface area contributed by atoms with E-state index in [1.165, 1.54) is 0 Å². The lowest BCUT2D eigenvalue weighted by Crippen LogP contribution is -2.39. The summed E-state index contributed by atoms with van der Waals surface area (Å²) in [5.41, 5.74) is 6.86. The summed E-state index contributed by atoms with van der Waals surface area (Å²) in [5, 5.41) is 9.18. The van der Waals surface area contributed by atoms with Gasteiger partial charge in [-0.05, 0) is 31.4 Å². The van der Waals surface area contributed by atoms with Crippen LogP contribution in [0.15, 0.2) is 12.3 Å². The molecule has 0 aromatic carbocycles. The van der Waals surface area contributed by atoms with Gasteiger partial charge in [0.1, 0.15) is 11.9 Å². The lowest BCUT2D eigenvalue weighted by atomic mass is 9.96. The number of carbonyl (C=O) groups is 1. The summed E-state index contributed by atoms with van der Waals surface area (Å²) in [6, 6.07) is 4.03. The Kier molecular flexibility index (Phi) is 3.47. The normalized spacial score (nSPS) is 16.3. The van der Waals surface area contributed by atoms with E-state index in [9.17, 15) is 10.1 Å². The summed E-state index contributed by atoms with van der Waals surface area (Å²) >= 11 is 0. The van der Waals surface area contributed by atoms with Gasteiger partial charge in [0, 0.05) is 25.2 Å². The average Bonchev–Trinajstić information content (AvgIpc) is 2.38. The molecule has 0 radical (unpaired) electrons. The fourth-order valence-electron chi connectivity index (χ4n) is 2.30. The maximum absolute atomic E-state index is 11.1. The SMILES string of the molecule is Cc1ccnc(N2CCC(C(N)=O)CC2)c1C#N. The summed E-state index contributed by atoms with van der Waals surface area (Å²) in [4.78, 5) is 17.5. The van der Waals surface area contributed by atoms with Crippen LogP contribution in [0.3, 0.4) is 0 Å². The fraction of sp³-hybridized carbons (Fsp3) is 0.462. The number of carbonyl (C=O) groups excluding carboxylic acids is 1. The first kappa shape index (κ1) is 12.4. The highest BCUT2D eigenvalue weighted by Crippen LogP contribution is 2.25. The second kappa shape index (κ2) is 5.05. The number of hydrogen-bond acceptors (Lipinski definition) is 4. The van der Waals surface area contributed by atoms with Crippen molar-refractivity contribution in [1.29, 1.82) is 5.26 Å². The van der Waals surface area contributed by atoms with Crippen molar-refractivity contribution in [1.82, 2.24) is 4.98 Å². The molecular formula is C13H16N4O. The first-order valence-corrected chi connectivity index (χ1v) is 6.03. The van der Waals surface area contributed by atoms with E-state index < -0.39 is 0 Å². The number of primary amides is 1. The van der Waals surface area contributed by atoms with E-state index in [0.29, 0.717) is 5.56 Å². The summed E-state index contributed by atoms with van der Waals surface area (Å²) in [6.07, 6.45) is 3.18. The van der Waals surface area contributed by atoms with E-state index in [1.807, 2.05) is 13.0 Å². The molecule has 94 valence electrons. The number of aromatic nitrogens is 1. The molecule has 18 heavy (non-hydrogen) atoms. The monoisotopic (exact) mass is 244 g/mol. The predicted molar refractivity (Wildman–Crippen MR) is 67.8 cm³/mol. The largest absolute Gasteiger partial charge is 0.369 e. The molecule has 2 heterocycles. The summed E-state index contributed by atoms with van der Waals surface area (Å²) < 4.78 is 0. The summed E-state index contributed by atoms with van der Waals surface area (Å²) in [7, 11) is 0. The van der Waals surface area contributed by atoms with Crippen molar-refractivity contribution in [2.45, 2.75) is 19.8 Å². The minimum atomic E-state index is -0.229. The fourth-order valence-corrected chi connectivity index (χ4v) is 2.30. The molecule has 1 fully saturated rings. The van der Waals surface area contributed by atoms with Crippen molar-refractivity contribution in [3.8, 4) is 6.07 Å². The Morgan fingerprint density at radius 1 is 1.56 bits per heavy atom. The number of nitriles is 1. The zero-order valence-corrected chi connectivity index (χ0v) is 10.4. The van der Waals surface area contributed by atoms with Crippen LogP contribution in [-0.2, 0) is 4.79 Å². The van der Waals surface area contributed by atoms with E-state index >= 15 is 0 Å². The van der Waals surface area contributed by atoms with Gasteiger partial charge < -0.3 is 10.6 Å². The smallest absolute Gasteiger partial charge is 0.220 e. The third kappa shape index (κ3) is 2.28. The van der Waals surface area contributed by atoms with Gasteiger partial charge in [-0.25, -0.2) is 4.98 Å². The van der Waals surface area contributed by atoms with Gasteiger partial charge in [-0.15, -0.1) is 0 Å². The van der Waals surface area contributed by atoms with Crippen LogP contribution < -0.4 is 10.6 Å². The minimum absolute atomic E-state index is 0.0448. The van der Waals surface area contributed by atoms with Crippen LogP contribution in [0.4, 0.5) is 5.82 Å². The molecular weight excluding hydrogens is 228 g/mol. The summed E-state index contributed by atoms with van der Waals surface area (Å²) in [6.45, 7) is 3.34. The lowest BCUT2D eigenvalue weighted by molar-refractivity contribution is -0.122. The second-order valence-corrected chi connectivity index (χ2v) is 4.60. The number of rotatable bonds is 2. The molecule has 1 amide bonds. The van der Waals surface area contributed by atoms with Gasteiger partial charge in [0.25, 0.3) is 0 Å². The molecule has 5 heteroatoms. The van der Waals surface area contributed by atoms with Crippen LogP contribution in [0.2, 0.25) is 0 Å². The molecule has 2 rings (SSSR count). The molecule has 1 aliphatic rings. The van der Waals surface area contributed by atoms with Crippen LogP contribution in [0, 0.1) is 24.2 Å². The number of hydrogen-bond donors (Lipinski definition) is 1. The first-order valence-electron chi connectivity index (χ1n) is 6.03. The van der Waals surface area contributed by atoms with Crippen LogP contribution in [0.25, 0.3) is 0 Å². The number of piperidine rings is 1. The Morgan fingerprint density at radius 2 is 2.22 bits per heavy atom. The van der Waals surface area contributed by atoms with Gasteiger partial charge in [0.2, 0.25) is 5.91 Å². The van der Waals surface area contributed by atoms with Crippen LogP contribution >= 0.6 is 0 Å². The molecule has 1 aliphatic heterocycles.